The van der Waals surface area contributed by atoms with E-state index in [1.54, 1.807) is 32.0 Å². The van der Waals surface area contributed by atoms with E-state index in [1.165, 1.54) is 0 Å². The molecule has 0 atom stereocenters. The van der Waals surface area contributed by atoms with Crippen LogP contribution >= 0.6 is 0 Å². The summed E-state index contributed by atoms with van der Waals surface area (Å²) in [5.74, 6) is 0. The van der Waals surface area contributed by atoms with Gasteiger partial charge in [-0.3, -0.25) is 0 Å². The number of sulfonamides is 1. The summed E-state index contributed by atoms with van der Waals surface area (Å²) < 4.78 is 26.4. The smallest absolute Gasteiger partial charge is 0.240 e. The van der Waals surface area contributed by atoms with Gasteiger partial charge in [0.2, 0.25) is 10.0 Å². The lowest BCUT2D eigenvalue weighted by molar-refractivity contribution is 0.569. The van der Waals surface area contributed by atoms with Crippen molar-refractivity contribution in [1.29, 1.82) is 0 Å². The van der Waals surface area contributed by atoms with Gasteiger partial charge in [0.15, 0.2) is 0 Å². The second kappa shape index (κ2) is 6.14. The standard InChI is InChI=1S/C12H20N2O2S/c1-4-13-9-11-6-5-7-12(8-11)17(15,16)14-10(2)3/h5-8,10,13-14H,4,9H2,1-3H3. The molecule has 0 saturated carbocycles. The lowest BCUT2D eigenvalue weighted by atomic mass is 10.2. The molecule has 0 aliphatic heterocycles. The highest BCUT2D eigenvalue weighted by atomic mass is 32.2. The van der Waals surface area contributed by atoms with Crippen LogP contribution in [0.4, 0.5) is 0 Å². The molecule has 1 aromatic carbocycles. The quantitative estimate of drug-likeness (QED) is 0.810. The van der Waals surface area contributed by atoms with E-state index >= 15 is 0 Å². The van der Waals surface area contributed by atoms with Crippen LogP contribution in [0.15, 0.2) is 29.2 Å². The summed E-state index contributed by atoms with van der Waals surface area (Å²) in [4.78, 5) is 0.321. The molecule has 2 N–H and O–H groups in total. The molecule has 0 amide bonds. The molecule has 0 aliphatic carbocycles. The molecule has 0 aromatic heterocycles. The third kappa shape index (κ3) is 4.46. The molecular weight excluding hydrogens is 236 g/mol. The number of hydrogen-bond acceptors (Lipinski definition) is 3. The molecule has 0 fully saturated rings. The Hall–Kier alpha value is -0.910. The fourth-order valence-corrected chi connectivity index (χ4v) is 2.79. The van der Waals surface area contributed by atoms with Crippen LogP contribution in [-0.4, -0.2) is 21.0 Å². The van der Waals surface area contributed by atoms with Gasteiger partial charge in [-0.05, 0) is 38.1 Å². The third-order valence-electron chi connectivity index (χ3n) is 2.18. The Morgan fingerprint density at radius 3 is 2.59 bits per heavy atom. The van der Waals surface area contributed by atoms with Gasteiger partial charge in [0.05, 0.1) is 4.90 Å². The summed E-state index contributed by atoms with van der Waals surface area (Å²) in [7, 11) is -3.38. The number of benzene rings is 1. The maximum Gasteiger partial charge on any atom is 0.240 e. The van der Waals surface area contributed by atoms with Gasteiger partial charge in [-0.25, -0.2) is 13.1 Å². The second-order valence-electron chi connectivity index (χ2n) is 4.20. The van der Waals surface area contributed by atoms with E-state index in [1.807, 2.05) is 13.0 Å². The third-order valence-corrected chi connectivity index (χ3v) is 3.83. The minimum atomic E-state index is -3.38. The molecule has 0 unspecified atom stereocenters. The highest BCUT2D eigenvalue weighted by molar-refractivity contribution is 7.89. The van der Waals surface area contributed by atoms with E-state index in [4.69, 9.17) is 0 Å². The average molecular weight is 256 g/mol. The molecule has 17 heavy (non-hydrogen) atoms. The van der Waals surface area contributed by atoms with E-state index in [2.05, 4.69) is 10.0 Å². The van der Waals surface area contributed by atoms with Gasteiger partial charge in [-0.2, -0.15) is 0 Å². The van der Waals surface area contributed by atoms with Crippen LogP contribution in [0.5, 0.6) is 0 Å². The molecule has 96 valence electrons. The van der Waals surface area contributed by atoms with Crippen molar-refractivity contribution in [2.75, 3.05) is 6.54 Å². The van der Waals surface area contributed by atoms with Gasteiger partial charge in [0, 0.05) is 12.6 Å². The Balaban J connectivity index is 2.91. The number of rotatable bonds is 6. The second-order valence-corrected chi connectivity index (χ2v) is 5.92. The summed E-state index contributed by atoms with van der Waals surface area (Å²) in [6.07, 6.45) is 0. The van der Waals surface area contributed by atoms with E-state index < -0.39 is 10.0 Å². The molecule has 0 bridgehead atoms. The zero-order valence-corrected chi connectivity index (χ0v) is 11.3. The molecule has 4 nitrogen and oxygen atoms in total. The molecule has 0 spiro atoms. The van der Waals surface area contributed by atoms with E-state index in [0.717, 1.165) is 12.1 Å². The Morgan fingerprint density at radius 2 is 2.00 bits per heavy atom. The zero-order valence-electron chi connectivity index (χ0n) is 10.5. The summed E-state index contributed by atoms with van der Waals surface area (Å²) in [5, 5.41) is 3.17. The Labute approximate surface area is 103 Å². The van der Waals surface area contributed by atoms with Crippen LogP contribution in [-0.2, 0) is 16.6 Å². The maximum atomic E-state index is 11.9. The minimum Gasteiger partial charge on any atom is -0.313 e. The molecule has 0 saturated heterocycles. The fourth-order valence-electron chi connectivity index (χ4n) is 1.47. The fraction of sp³-hybridized carbons (Fsp3) is 0.500. The van der Waals surface area contributed by atoms with Gasteiger partial charge < -0.3 is 5.32 Å². The molecule has 5 heteroatoms. The summed E-state index contributed by atoms with van der Waals surface area (Å²) in [6, 6.07) is 6.89. The molecular formula is C12H20N2O2S. The van der Waals surface area contributed by atoms with Gasteiger partial charge in [-0.15, -0.1) is 0 Å². The topological polar surface area (TPSA) is 58.2 Å². The minimum absolute atomic E-state index is 0.0996. The molecule has 1 aromatic rings. The lowest BCUT2D eigenvalue weighted by Crippen LogP contribution is -2.30. The van der Waals surface area contributed by atoms with Crippen molar-refractivity contribution >= 4 is 10.0 Å². The SMILES string of the molecule is CCNCc1cccc(S(=O)(=O)NC(C)C)c1. The first-order valence-corrected chi connectivity index (χ1v) is 7.26. The summed E-state index contributed by atoms with van der Waals surface area (Å²) in [5.41, 5.74) is 0.971. The van der Waals surface area contributed by atoms with Gasteiger partial charge in [0.25, 0.3) is 0 Å². The van der Waals surface area contributed by atoms with E-state index in [-0.39, 0.29) is 6.04 Å². The largest absolute Gasteiger partial charge is 0.313 e. The van der Waals surface area contributed by atoms with E-state index in [0.29, 0.717) is 11.4 Å². The Kier molecular flexibility index (Phi) is 5.11. The lowest BCUT2D eigenvalue weighted by Gasteiger charge is -2.10. The maximum absolute atomic E-state index is 11.9. The van der Waals surface area contributed by atoms with Crippen molar-refractivity contribution in [3.63, 3.8) is 0 Å². The Bertz CT molecular complexity index is 455. The molecule has 0 radical (unpaired) electrons. The molecule has 0 heterocycles. The Morgan fingerprint density at radius 1 is 1.29 bits per heavy atom. The normalized spacial score (nSPS) is 12.0. The van der Waals surface area contributed by atoms with Crippen LogP contribution < -0.4 is 10.0 Å². The first-order chi connectivity index (χ1) is 7.95. The monoisotopic (exact) mass is 256 g/mol. The van der Waals surface area contributed by atoms with Crippen molar-refractivity contribution in [2.24, 2.45) is 0 Å². The van der Waals surface area contributed by atoms with Gasteiger partial charge >= 0.3 is 0 Å². The first-order valence-electron chi connectivity index (χ1n) is 5.77. The molecule has 1 rings (SSSR count). The summed E-state index contributed by atoms with van der Waals surface area (Å²) >= 11 is 0. The van der Waals surface area contributed by atoms with Crippen LogP contribution in [0.2, 0.25) is 0 Å². The van der Waals surface area contributed by atoms with E-state index in [9.17, 15) is 8.42 Å². The van der Waals surface area contributed by atoms with Crippen molar-refractivity contribution in [1.82, 2.24) is 10.0 Å². The predicted molar refractivity (Wildman–Crippen MR) is 69.3 cm³/mol. The van der Waals surface area contributed by atoms with Crippen LogP contribution in [0.1, 0.15) is 26.3 Å². The van der Waals surface area contributed by atoms with Crippen molar-refractivity contribution in [2.45, 2.75) is 38.3 Å². The van der Waals surface area contributed by atoms with Crippen LogP contribution in [0, 0.1) is 0 Å². The zero-order chi connectivity index (χ0) is 12.9. The number of nitrogens with one attached hydrogen (secondary N) is 2. The van der Waals surface area contributed by atoms with Gasteiger partial charge in [-0.1, -0.05) is 19.1 Å². The average Bonchev–Trinajstić information content (AvgIpc) is 2.25. The van der Waals surface area contributed by atoms with Crippen LogP contribution in [0.25, 0.3) is 0 Å². The highest BCUT2D eigenvalue weighted by Gasteiger charge is 2.15. The predicted octanol–water partition coefficient (Wildman–Crippen LogP) is 1.48. The van der Waals surface area contributed by atoms with Gasteiger partial charge in [0.1, 0.15) is 0 Å². The molecule has 0 aliphatic rings. The first kappa shape index (κ1) is 14.2. The summed E-state index contributed by atoms with van der Waals surface area (Å²) in [6.45, 7) is 7.17. The highest BCUT2D eigenvalue weighted by Crippen LogP contribution is 2.11. The van der Waals surface area contributed by atoms with Crippen molar-refractivity contribution in [3.05, 3.63) is 29.8 Å². The van der Waals surface area contributed by atoms with Crippen LogP contribution in [0.3, 0.4) is 0 Å². The number of hydrogen-bond donors (Lipinski definition) is 2. The van der Waals surface area contributed by atoms with Crippen molar-refractivity contribution in [3.8, 4) is 0 Å². The van der Waals surface area contributed by atoms with Crippen molar-refractivity contribution < 1.29 is 8.42 Å².